The Hall–Kier alpha value is -3.59. The zero-order valence-corrected chi connectivity index (χ0v) is 15.6. The van der Waals surface area contributed by atoms with Crippen LogP contribution in [0.5, 0.6) is 11.5 Å². The largest absolute Gasteiger partial charge is 0.489 e. The van der Waals surface area contributed by atoms with E-state index < -0.39 is 0 Å². The molecule has 0 amide bonds. The highest BCUT2D eigenvalue weighted by atomic mass is 16.5. The standard InChI is InChI=1S/C25H20O3/c1-18-8-5-6-12-20(18)17-27-21-14-15-22-24(16-21)28-23(25(22)26)13-7-11-19-9-3-2-4-10-19/h2-16H,17H2,1H3. The molecule has 28 heavy (non-hydrogen) atoms. The summed E-state index contributed by atoms with van der Waals surface area (Å²) in [6.45, 7) is 2.53. The van der Waals surface area contributed by atoms with Crippen molar-refractivity contribution in [2.75, 3.05) is 0 Å². The van der Waals surface area contributed by atoms with Gasteiger partial charge >= 0.3 is 0 Å². The van der Waals surface area contributed by atoms with Crippen LogP contribution in [-0.4, -0.2) is 5.78 Å². The summed E-state index contributed by atoms with van der Waals surface area (Å²) >= 11 is 0. The van der Waals surface area contributed by atoms with Crippen LogP contribution in [0.4, 0.5) is 0 Å². The zero-order valence-electron chi connectivity index (χ0n) is 15.6. The number of ether oxygens (including phenoxy) is 2. The van der Waals surface area contributed by atoms with E-state index in [1.54, 1.807) is 24.3 Å². The number of Topliss-reactive ketones (excluding diaryl/α,β-unsaturated/α-hetero) is 1. The van der Waals surface area contributed by atoms with E-state index in [2.05, 4.69) is 13.0 Å². The van der Waals surface area contributed by atoms with Crippen LogP contribution in [0.15, 0.2) is 90.7 Å². The Balaban J connectivity index is 1.46. The SMILES string of the molecule is Cc1ccccc1COc1ccc2c(c1)OC(=CC=Cc1ccccc1)C2=O. The number of carbonyl (C=O) groups is 1. The minimum absolute atomic E-state index is 0.113. The Labute approximate surface area is 164 Å². The van der Waals surface area contributed by atoms with Gasteiger partial charge in [0.05, 0.1) is 5.56 Å². The third-order valence-corrected chi connectivity index (χ3v) is 4.63. The van der Waals surface area contributed by atoms with Crippen LogP contribution in [0.25, 0.3) is 6.08 Å². The van der Waals surface area contributed by atoms with Gasteiger partial charge in [0.15, 0.2) is 5.76 Å². The Kier molecular flexibility index (Phi) is 5.07. The molecule has 0 aliphatic carbocycles. The van der Waals surface area contributed by atoms with E-state index in [1.807, 2.05) is 60.7 Å². The predicted octanol–water partition coefficient (Wildman–Crippen LogP) is 5.75. The van der Waals surface area contributed by atoms with Gasteiger partial charge in [-0.25, -0.2) is 0 Å². The number of fused-ring (bicyclic) bond motifs is 1. The van der Waals surface area contributed by atoms with Gasteiger partial charge in [-0.1, -0.05) is 66.7 Å². The second kappa shape index (κ2) is 7.97. The van der Waals surface area contributed by atoms with Crippen LogP contribution in [0.2, 0.25) is 0 Å². The van der Waals surface area contributed by atoms with Gasteiger partial charge in [0.1, 0.15) is 18.1 Å². The molecule has 0 unspecified atom stereocenters. The van der Waals surface area contributed by atoms with Crippen molar-refractivity contribution in [2.24, 2.45) is 0 Å². The number of hydrogen-bond donors (Lipinski definition) is 0. The first-order chi connectivity index (χ1) is 13.7. The van der Waals surface area contributed by atoms with Gasteiger partial charge in [-0.15, -0.1) is 0 Å². The molecule has 1 aliphatic heterocycles. The fraction of sp³-hybridized carbons (Fsp3) is 0.0800. The van der Waals surface area contributed by atoms with Crippen LogP contribution < -0.4 is 9.47 Å². The molecule has 0 saturated carbocycles. The van der Waals surface area contributed by atoms with Crippen molar-refractivity contribution in [1.82, 2.24) is 0 Å². The molecule has 1 aliphatic rings. The van der Waals surface area contributed by atoms with Gasteiger partial charge in [0, 0.05) is 6.07 Å². The van der Waals surface area contributed by atoms with E-state index in [0.29, 0.717) is 29.4 Å². The van der Waals surface area contributed by atoms with Crippen molar-refractivity contribution in [1.29, 1.82) is 0 Å². The summed E-state index contributed by atoms with van der Waals surface area (Å²) in [6.07, 6.45) is 5.45. The highest BCUT2D eigenvalue weighted by molar-refractivity contribution is 6.12. The molecule has 3 heteroatoms. The fourth-order valence-corrected chi connectivity index (χ4v) is 3.02. The monoisotopic (exact) mass is 368 g/mol. The molecule has 0 fully saturated rings. The maximum Gasteiger partial charge on any atom is 0.231 e. The minimum Gasteiger partial charge on any atom is -0.489 e. The average Bonchev–Trinajstić information content (AvgIpc) is 3.03. The van der Waals surface area contributed by atoms with E-state index in [-0.39, 0.29) is 5.78 Å². The number of allylic oxidation sites excluding steroid dienone is 3. The van der Waals surface area contributed by atoms with Crippen LogP contribution in [-0.2, 0) is 6.61 Å². The van der Waals surface area contributed by atoms with Crippen molar-refractivity contribution in [2.45, 2.75) is 13.5 Å². The van der Waals surface area contributed by atoms with Crippen molar-refractivity contribution >= 4 is 11.9 Å². The normalized spacial score (nSPS) is 14.3. The van der Waals surface area contributed by atoms with Gasteiger partial charge in [0.2, 0.25) is 5.78 Å². The summed E-state index contributed by atoms with van der Waals surface area (Å²) in [6, 6.07) is 23.3. The Morgan fingerprint density at radius 2 is 1.75 bits per heavy atom. The van der Waals surface area contributed by atoms with Crippen LogP contribution in [0.1, 0.15) is 27.0 Å². The zero-order chi connectivity index (χ0) is 19.3. The summed E-state index contributed by atoms with van der Waals surface area (Å²) in [5, 5.41) is 0. The number of aryl methyl sites for hydroxylation is 1. The van der Waals surface area contributed by atoms with Crippen molar-refractivity contribution in [3.8, 4) is 11.5 Å². The van der Waals surface area contributed by atoms with Gasteiger partial charge in [0.25, 0.3) is 0 Å². The maximum atomic E-state index is 12.5. The first-order valence-corrected chi connectivity index (χ1v) is 9.18. The lowest BCUT2D eigenvalue weighted by atomic mass is 10.1. The van der Waals surface area contributed by atoms with Crippen LogP contribution >= 0.6 is 0 Å². The van der Waals surface area contributed by atoms with E-state index in [1.165, 1.54) is 5.56 Å². The smallest absolute Gasteiger partial charge is 0.231 e. The molecule has 0 N–H and O–H groups in total. The maximum absolute atomic E-state index is 12.5. The fourth-order valence-electron chi connectivity index (χ4n) is 3.02. The second-order valence-electron chi connectivity index (χ2n) is 6.61. The summed E-state index contributed by atoms with van der Waals surface area (Å²) in [4.78, 5) is 12.5. The van der Waals surface area contributed by atoms with Crippen molar-refractivity contribution in [3.63, 3.8) is 0 Å². The van der Waals surface area contributed by atoms with Crippen LogP contribution in [0.3, 0.4) is 0 Å². The first kappa shape index (κ1) is 17.8. The quantitative estimate of drug-likeness (QED) is 0.538. The predicted molar refractivity (Wildman–Crippen MR) is 110 cm³/mol. The molecular formula is C25H20O3. The molecule has 4 rings (SSSR count). The topological polar surface area (TPSA) is 35.5 Å². The summed E-state index contributed by atoms with van der Waals surface area (Å²) in [5.74, 6) is 1.42. The highest BCUT2D eigenvalue weighted by Crippen LogP contribution is 2.34. The Morgan fingerprint density at radius 3 is 2.57 bits per heavy atom. The van der Waals surface area contributed by atoms with E-state index in [9.17, 15) is 4.79 Å². The minimum atomic E-state index is -0.113. The second-order valence-corrected chi connectivity index (χ2v) is 6.61. The van der Waals surface area contributed by atoms with E-state index in [4.69, 9.17) is 9.47 Å². The third-order valence-electron chi connectivity index (χ3n) is 4.63. The molecule has 3 aromatic carbocycles. The first-order valence-electron chi connectivity index (χ1n) is 9.18. The van der Waals surface area contributed by atoms with Crippen molar-refractivity contribution < 1.29 is 14.3 Å². The van der Waals surface area contributed by atoms with E-state index in [0.717, 1.165) is 11.1 Å². The molecular weight excluding hydrogens is 348 g/mol. The number of hydrogen-bond acceptors (Lipinski definition) is 3. The molecule has 0 bridgehead atoms. The van der Waals surface area contributed by atoms with Gasteiger partial charge in [-0.05, 0) is 41.8 Å². The number of benzene rings is 3. The molecule has 0 saturated heterocycles. The Morgan fingerprint density at radius 1 is 0.964 bits per heavy atom. The summed E-state index contributed by atoms with van der Waals surface area (Å²) in [7, 11) is 0. The van der Waals surface area contributed by atoms with E-state index >= 15 is 0 Å². The van der Waals surface area contributed by atoms with Gasteiger partial charge in [-0.2, -0.15) is 0 Å². The molecule has 3 aromatic rings. The van der Waals surface area contributed by atoms with Crippen molar-refractivity contribution in [3.05, 3.63) is 113 Å². The molecule has 138 valence electrons. The molecule has 0 spiro atoms. The number of rotatable bonds is 5. The third kappa shape index (κ3) is 3.89. The lowest BCUT2D eigenvalue weighted by molar-refractivity contribution is 0.101. The summed E-state index contributed by atoms with van der Waals surface area (Å²) in [5.41, 5.74) is 3.94. The molecule has 0 aromatic heterocycles. The molecule has 3 nitrogen and oxygen atoms in total. The van der Waals surface area contributed by atoms with Crippen LogP contribution in [0, 0.1) is 6.92 Å². The average molecular weight is 368 g/mol. The molecule has 0 atom stereocenters. The number of ketones is 1. The van der Waals surface area contributed by atoms with Gasteiger partial charge in [-0.3, -0.25) is 4.79 Å². The lowest BCUT2D eigenvalue weighted by Gasteiger charge is -2.09. The molecule has 1 heterocycles. The molecule has 0 radical (unpaired) electrons. The number of carbonyl (C=O) groups excluding carboxylic acids is 1. The highest BCUT2D eigenvalue weighted by Gasteiger charge is 2.27. The summed E-state index contributed by atoms with van der Waals surface area (Å²) < 4.78 is 11.6. The lowest BCUT2D eigenvalue weighted by Crippen LogP contribution is -1.98. The van der Waals surface area contributed by atoms with Gasteiger partial charge < -0.3 is 9.47 Å². The Bertz CT molecular complexity index is 1060.